The quantitative estimate of drug-likeness (QED) is 0.782. The molecule has 1 aliphatic heterocycles. The van der Waals surface area contributed by atoms with E-state index in [0.29, 0.717) is 41.6 Å². The lowest BCUT2D eigenvalue weighted by Crippen LogP contribution is -2.37. The van der Waals surface area contributed by atoms with Gasteiger partial charge in [0.15, 0.2) is 5.82 Å². The molecule has 0 amide bonds. The molecule has 7 heteroatoms. The van der Waals surface area contributed by atoms with Crippen molar-refractivity contribution in [3.63, 3.8) is 0 Å². The van der Waals surface area contributed by atoms with E-state index in [0.717, 1.165) is 13.1 Å². The van der Waals surface area contributed by atoms with Gasteiger partial charge in [-0.2, -0.15) is 0 Å². The van der Waals surface area contributed by atoms with Gasteiger partial charge in [0.05, 0.1) is 24.9 Å². The van der Waals surface area contributed by atoms with Crippen LogP contribution in [0.5, 0.6) is 0 Å². The Bertz CT molecular complexity index is 695. The van der Waals surface area contributed by atoms with Crippen molar-refractivity contribution in [1.29, 1.82) is 0 Å². The molecule has 0 atom stereocenters. The van der Waals surface area contributed by atoms with Crippen LogP contribution in [-0.4, -0.2) is 40.8 Å². The Hall–Kier alpha value is -1.66. The molecule has 0 aromatic carbocycles. The third-order valence-corrected chi connectivity index (χ3v) is 3.61. The summed E-state index contributed by atoms with van der Waals surface area (Å²) in [5.74, 6) is 0.663. The van der Waals surface area contributed by atoms with Gasteiger partial charge in [0.25, 0.3) is 5.56 Å². The van der Waals surface area contributed by atoms with E-state index in [1.54, 1.807) is 17.0 Å². The fraction of sp³-hybridized carbons (Fsp3) is 0.462. The SMILES string of the molecule is CCn1cnc2c(N3CCOCC3)nc(Cl)cc2c1=O. The number of aromatic nitrogens is 3. The highest BCUT2D eigenvalue weighted by atomic mass is 35.5. The number of ether oxygens (including phenoxy) is 1. The first-order chi connectivity index (χ1) is 9.70. The number of hydrogen-bond donors (Lipinski definition) is 0. The summed E-state index contributed by atoms with van der Waals surface area (Å²) in [6, 6.07) is 1.59. The molecule has 1 fully saturated rings. The van der Waals surface area contributed by atoms with Gasteiger partial charge in [-0.15, -0.1) is 0 Å². The molecule has 0 radical (unpaired) electrons. The van der Waals surface area contributed by atoms with E-state index in [4.69, 9.17) is 16.3 Å². The van der Waals surface area contributed by atoms with Gasteiger partial charge >= 0.3 is 0 Å². The Balaban J connectivity index is 2.21. The van der Waals surface area contributed by atoms with E-state index in [2.05, 4.69) is 14.9 Å². The zero-order valence-electron chi connectivity index (χ0n) is 11.2. The third-order valence-electron chi connectivity index (χ3n) is 3.41. The maximum atomic E-state index is 12.3. The second-order valence-electron chi connectivity index (χ2n) is 4.60. The van der Waals surface area contributed by atoms with Crippen LogP contribution in [0.15, 0.2) is 17.2 Å². The van der Waals surface area contributed by atoms with Crippen LogP contribution in [0.3, 0.4) is 0 Å². The van der Waals surface area contributed by atoms with E-state index >= 15 is 0 Å². The molecule has 2 aromatic heterocycles. The molecule has 0 aliphatic carbocycles. The summed E-state index contributed by atoms with van der Waals surface area (Å²) in [5, 5.41) is 0.822. The molecule has 3 rings (SSSR count). The molecule has 6 nitrogen and oxygen atoms in total. The molecule has 0 bridgehead atoms. The van der Waals surface area contributed by atoms with Crippen LogP contribution in [0.1, 0.15) is 6.92 Å². The maximum absolute atomic E-state index is 12.3. The van der Waals surface area contributed by atoms with Gasteiger partial charge in [-0.05, 0) is 13.0 Å². The second kappa shape index (κ2) is 5.38. The summed E-state index contributed by atoms with van der Waals surface area (Å²) in [6.07, 6.45) is 1.56. The molecule has 2 aromatic rings. The minimum Gasteiger partial charge on any atom is -0.378 e. The van der Waals surface area contributed by atoms with Gasteiger partial charge in [-0.25, -0.2) is 9.97 Å². The van der Waals surface area contributed by atoms with Crippen LogP contribution >= 0.6 is 11.6 Å². The van der Waals surface area contributed by atoms with Crippen molar-refractivity contribution in [1.82, 2.24) is 14.5 Å². The lowest BCUT2D eigenvalue weighted by Gasteiger charge is -2.28. The highest BCUT2D eigenvalue weighted by molar-refractivity contribution is 6.30. The monoisotopic (exact) mass is 294 g/mol. The fourth-order valence-electron chi connectivity index (χ4n) is 2.34. The van der Waals surface area contributed by atoms with Crippen molar-refractivity contribution in [3.8, 4) is 0 Å². The molecular formula is C13H15ClN4O2. The summed E-state index contributed by atoms with van der Waals surface area (Å²) in [7, 11) is 0. The molecule has 0 saturated carbocycles. The number of aryl methyl sites for hydroxylation is 1. The molecule has 0 spiro atoms. The maximum Gasteiger partial charge on any atom is 0.261 e. The van der Waals surface area contributed by atoms with Crippen molar-refractivity contribution in [2.75, 3.05) is 31.2 Å². The highest BCUT2D eigenvalue weighted by Crippen LogP contribution is 2.24. The van der Waals surface area contributed by atoms with Crippen LogP contribution < -0.4 is 10.5 Å². The Morgan fingerprint density at radius 1 is 1.40 bits per heavy atom. The fourth-order valence-corrected chi connectivity index (χ4v) is 2.53. The summed E-state index contributed by atoms with van der Waals surface area (Å²) >= 11 is 6.07. The number of anilines is 1. The largest absolute Gasteiger partial charge is 0.378 e. The summed E-state index contributed by atoms with van der Waals surface area (Å²) in [4.78, 5) is 23.1. The van der Waals surface area contributed by atoms with Crippen LogP contribution in [0, 0.1) is 0 Å². The molecule has 0 N–H and O–H groups in total. The zero-order chi connectivity index (χ0) is 14.1. The van der Waals surface area contributed by atoms with Crippen molar-refractivity contribution >= 4 is 28.3 Å². The topological polar surface area (TPSA) is 60.3 Å². The second-order valence-corrected chi connectivity index (χ2v) is 4.99. The highest BCUT2D eigenvalue weighted by Gasteiger charge is 2.18. The van der Waals surface area contributed by atoms with Gasteiger partial charge in [0.1, 0.15) is 10.7 Å². The van der Waals surface area contributed by atoms with Gasteiger partial charge in [-0.1, -0.05) is 11.6 Å². The van der Waals surface area contributed by atoms with Crippen LogP contribution in [0.25, 0.3) is 10.9 Å². The average Bonchev–Trinajstić information content (AvgIpc) is 2.48. The van der Waals surface area contributed by atoms with Crippen molar-refractivity contribution in [2.24, 2.45) is 0 Å². The predicted molar refractivity (Wildman–Crippen MR) is 77.5 cm³/mol. The number of nitrogens with zero attached hydrogens (tertiary/aromatic N) is 4. The molecule has 1 saturated heterocycles. The number of morpholine rings is 1. The van der Waals surface area contributed by atoms with E-state index in [1.165, 1.54) is 0 Å². The zero-order valence-corrected chi connectivity index (χ0v) is 11.9. The first kappa shape index (κ1) is 13.3. The van der Waals surface area contributed by atoms with Crippen molar-refractivity contribution in [2.45, 2.75) is 13.5 Å². The van der Waals surface area contributed by atoms with E-state index in [-0.39, 0.29) is 5.56 Å². The number of halogens is 1. The van der Waals surface area contributed by atoms with Crippen molar-refractivity contribution in [3.05, 3.63) is 27.9 Å². The Morgan fingerprint density at radius 2 is 2.15 bits per heavy atom. The van der Waals surface area contributed by atoms with Gasteiger partial charge in [-0.3, -0.25) is 9.36 Å². The van der Waals surface area contributed by atoms with Crippen LogP contribution in [-0.2, 0) is 11.3 Å². The van der Waals surface area contributed by atoms with Crippen LogP contribution in [0.4, 0.5) is 5.82 Å². The molecule has 1 aliphatic rings. The third kappa shape index (κ3) is 2.25. The van der Waals surface area contributed by atoms with Gasteiger partial charge in [0.2, 0.25) is 0 Å². The standard InChI is InChI=1S/C13H15ClN4O2/c1-2-17-8-15-11-9(13(17)19)7-10(14)16-12(11)18-3-5-20-6-4-18/h7-8H,2-6H2,1H3. The lowest BCUT2D eigenvalue weighted by molar-refractivity contribution is 0.122. The first-order valence-corrected chi connectivity index (χ1v) is 6.97. The number of hydrogen-bond acceptors (Lipinski definition) is 5. The number of pyridine rings is 1. The Kier molecular flexibility index (Phi) is 3.58. The summed E-state index contributed by atoms with van der Waals surface area (Å²) in [6.45, 7) is 5.21. The van der Waals surface area contributed by atoms with Crippen LogP contribution in [0.2, 0.25) is 5.15 Å². The van der Waals surface area contributed by atoms with Gasteiger partial charge in [0, 0.05) is 19.6 Å². The Morgan fingerprint density at radius 3 is 2.85 bits per heavy atom. The molecule has 20 heavy (non-hydrogen) atoms. The molecular weight excluding hydrogens is 280 g/mol. The van der Waals surface area contributed by atoms with E-state index < -0.39 is 0 Å². The molecule has 3 heterocycles. The average molecular weight is 295 g/mol. The minimum atomic E-state index is -0.0868. The number of fused-ring (bicyclic) bond motifs is 1. The van der Waals surface area contributed by atoms with Gasteiger partial charge < -0.3 is 9.64 Å². The number of rotatable bonds is 2. The molecule has 0 unspecified atom stereocenters. The first-order valence-electron chi connectivity index (χ1n) is 6.59. The molecule has 106 valence electrons. The summed E-state index contributed by atoms with van der Waals surface area (Å²) < 4.78 is 6.89. The van der Waals surface area contributed by atoms with E-state index in [1.807, 2.05) is 6.92 Å². The smallest absolute Gasteiger partial charge is 0.261 e. The normalized spacial score (nSPS) is 15.8. The van der Waals surface area contributed by atoms with Crippen molar-refractivity contribution < 1.29 is 4.74 Å². The lowest BCUT2D eigenvalue weighted by atomic mass is 10.2. The van der Waals surface area contributed by atoms with E-state index in [9.17, 15) is 4.79 Å². The summed E-state index contributed by atoms with van der Waals surface area (Å²) in [5.41, 5.74) is 0.516. The predicted octanol–water partition coefficient (Wildman–Crippen LogP) is 1.30. The Labute approximate surface area is 121 Å². The minimum absolute atomic E-state index is 0.0868.